The van der Waals surface area contributed by atoms with E-state index in [0.717, 1.165) is 34.9 Å². The van der Waals surface area contributed by atoms with Gasteiger partial charge >= 0.3 is 0 Å². The number of nitrogens with one attached hydrogen (secondary N) is 1. The quantitative estimate of drug-likeness (QED) is 0.767. The molecule has 0 aromatic carbocycles. The molecule has 6 nitrogen and oxygen atoms in total. The molecule has 3 atom stereocenters. The molecule has 0 spiro atoms. The Kier molecular flexibility index (Phi) is 5.25. The maximum atomic E-state index is 13.0. The number of amides is 1. The largest absolute Gasteiger partial charge is 0.489 e. The van der Waals surface area contributed by atoms with Crippen LogP contribution in [0.5, 0.6) is 5.75 Å². The molecule has 2 aliphatic rings. The van der Waals surface area contributed by atoms with E-state index in [1.165, 1.54) is 11.3 Å². The predicted molar refractivity (Wildman–Crippen MR) is 114 cm³/mol. The zero-order valence-electron chi connectivity index (χ0n) is 17.2. The van der Waals surface area contributed by atoms with Crippen LogP contribution in [-0.2, 0) is 4.79 Å². The van der Waals surface area contributed by atoms with E-state index in [1.54, 1.807) is 6.20 Å². The lowest BCUT2D eigenvalue weighted by molar-refractivity contribution is -0.118. The Hall–Kier alpha value is -2.54. The summed E-state index contributed by atoms with van der Waals surface area (Å²) in [6.07, 6.45) is 11.9. The normalized spacial score (nSPS) is 25.1. The van der Waals surface area contributed by atoms with E-state index in [1.807, 2.05) is 27.7 Å². The number of hydrogen-bond acceptors (Lipinski definition) is 6. The molecule has 1 unspecified atom stereocenters. The topological polar surface area (TPSA) is 77.0 Å². The number of ether oxygens (including phenoxy) is 1. The van der Waals surface area contributed by atoms with E-state index in [4.69, 9.17) is 4.74 Å². The second-order valence-corrected chi connectivity index (χ2v) is 9.15. The second-order valence-electron chi connectivity index (χ2n) is 7.95. The van der Waals surface area contributed by atoms with Gasteiger partial charge in [-0.3, -0.25) is 4.79 Å². The number of hydrogen-bond donors (Lipinski definition) is 1. The number of carbonyl (C=O) groups is 1. The van der Waals surface area contributed by atoms with Crippen molar-refractivity contribution in [1.29, 1.82) is 0 Å². The smallest absolute Gasteiger partial charge is 0.230 e. The van der Waals surface area contributed by atoms with Crippen molar-refractivity contribution in [1.82, 2.24) is 15.0 Å². The Morgan fingerprint density at radius 2 is 2.07 bits per heavy atom. The molecule has 1 N–H and O–H groups in total. The molecule has 1 saturated carbocycles. The van der Waals surface area contributed by atoms with Crippen molar-refractivity contribution in [3.63, 3.8) is 0 Å². The Morgan fingerprint density at radius 1 is 1.24 bits per heavy atom. The molecule has 2 aliphatic carbocycles. The SMILES string of the molecule is Cc1ncc(OC[C@@]2(C3C=CC=CC3)C[C@H]2C(=O)Nc2nc(C)c(C)s2)c(C)n1. The molecular weight excluding hydrogens is 384 g/mol. The van der Waals surface area contributed by atoms with Crippen LogP contribution in [0.15, 0.2) is 30.5 Å². The van der Waals surface area contributed by atoms with Gasteiger partial charge in [-0.15, -0.1) is 11.3 Å². The van der Waals surface area contributed by atoms with Crippen LogP contribution < -0.4 is 10.1 Å². The van der Waals surface area contributed by atoms with E-state index >= 15 is 0 Å². The van der Waals surface area contributed by atoms with Gasteiger partial charge < -0.3 is 10.1 Å². The van der Waals surface area contributed by atoms with E-state index in [-0.39, 0.29) is 23.2 Å². The lowest BCUT2D eigenvalue weighted by Gasteiger charge is -2.26. The zero-order chi connectivity index (χ0) is 20.6. The summed E-state index contributed by atoms with van der Waals surface area (Å²) in [5.74, 6) is 1.61. The Morgan fingerprint density at radius 3 is 2.72 bits per heavy atom. The fraction of sp³-hybridized carbons (Fsp3) is 0.455. The lowest BCUT2D eigenvalue weighted by Crippen LogP contribution is -2.29. The summed E-state index contributed by atoms with van der Waals surface area (Å²) in [7, 11) is 0. The number of aryl methyl sites for hydroxylation is 4. The first-order valence-corrected chi connectivity index (χ1v) is 10.7. The van der Waals surface area contributed by atoms with Gasteiger partial charge in [-0.1, -0.05) is 24.3 Å². The third kappa shape index (κ3) is 3.96. The maximum Gasteiger partial charge on any atom is 0.230 e. The van der Waals surface area contributed by atoms with Crippen molar-refractivity contribution in [2.24, 2.45) is 17.3 Å². The molecule has 29 heavy (non-hydrogen) atoms. The monoisotopic (exact) mass is 410 g/mol. The molecule has 4 rings (SSSR count). The maximum absolute atomic E-state index is 13.0. The highest BCUT2D eigenvalue weighted by molar-refractivity contribution is 7.15. The first-order valence-electron chi connectivity index (χ1n) is 9.90. The van der Waals surface area contributed by atoms with Crippen LogP contribution in [0.2, 0.25) is 0 Å². The lowest BCUT2D eigenvalue weighted by atomic mass is 9.82. The number of nitrogens with zero attached hydrogens (tertiary/aromatic N) is 3. The van der Waals surface area contributed by atoms with Gasteiger partial charge in [0.2, 0.25) is 5.91 Å². The van der Waals surface area contributed by atoms with Gasteiger partial charge in [0.25, 0.3) is 0 Å². The highest BCUT2D eigenvalue weighted by Gasteiger charge is 2.62. The van der Waals surface area contributed by atoms with E-state index in [2.05, 4.69) is 44.6 Å². The fourth-order valence-corrected chi connectivity index (χ4v) is 4.82. The minimum atomic E-state index is -0.218. The molecule has 0 radical (unpaired) electrons. The molecule has 1 amide bonds. The van der Waals surface area contributed by atoms with Gasteiger partial charge in [0, 0.05) is 16.2 Å². The van der Waals surface area contributed by atoms with Crippen molar-refractivity contribution >= 4 is 22.4 Å². The number of carbonyl (C=O) groups excluding carboxylic acids is 1. The van der Waals surface area contributed by atoms with Crippen LogP contribution in [0.25, 0.3) is 0 Å². The number of allylic oxidation sites excluding steroid dienone is 4. The summed E-state index contributed by atoms with van der Waals surface area (Å²) in [6, 6.07) is 0. The number of anilines is 1. The average Bonchev–Trinajstić information content (AvgIpc) is 3.35. The summed E-state index contributed by atoms with van der Waals surface area (Å²) in [5, 5.41) is 3.70. The molecule has 2 aromatic rings. The van der Waals surface area contributed by atoms with Gasteiger partial charge in [0.05, 0.1) is 24.2 Å². The highest BCUT2D eigenvalue weighted by atomic mass is 32.1. The second kappa shape index (κ2) is 7.71. The summed E-state index contributed by atoms with van der Waals surface area (Å²) < 4.78 is 6.15. The van der Waals surface area contributed by atoms with E-state index < -0.39 is 0 Å². The average molecular weight is 411 g/mol. The van der Waals surface area contributed by atoms with Crippen LogP contribution >= 0.6 is 11.3 Å². The first kappa shape index (κ1) is 19.8. The van der Waals surface area contributed by atoms with Gasteiger partial charge in [0.1, 0.15) is 5.82 Å². The molecule has 0 bridgehead atoms. The Bertz CT molecular complexity index is 977. The van der Waals surface area contributed by atoms with Crippen molar-refractivity contribution in [2.75, 3.05) is 11.9 Å². The number of rotatable bonds is 6. The summed E-state index contributed by atoms with van der Waals surface area (Å²) in [6.45, 7) is 8.23. The van der Waals surface area contributed by atoms with Crippen molar-refractivity contribution in [3.8, 4) is 5.75 Å². The molecule has 0 aliphatic heterocycles. The molecule has 7 heteroatoms. The zero-order valence-corrected chi connectivity index (χ0v) is 18.0. The molecule has 2 aromatic heterocycles. The molecule has 0 saturated heterocycles. The minimum absolute atomic E-state index is 0.0298. The van der Waals surface area contributed by atoms with Gasteiger partial charge in [-0.05, 0) is 46.5 Å². The van der Waals surface area contributed by atoms with Gasteiger partial charge in [-0.25, -0.2) is 15.0 Å². The van der Waals surface area contributed by atoms with Crippen LogP contribution in [-0.4, -0.2) is 27.5 Å². The number of aromatic nitrogens is 3. The third-order valence-corrected chi connectivity index (χ3v) is 6.95. The van der Waals surface area contributed by atoms with Gasteiger partial charge in [-0.2, -0.15) is 0 Å². The van der Waals surface area contributed by atoms with Gasteiger partial charge in [0.15, 0.2) is 10.9 Å². The Balaban J connectivity index is 1.50. The van der Waals surface area contributed by atoms with Crippen LogP contribution in [0.4, 0.5) is 5.13 Å². The molecule has 2 heterocycles. The molecule has 1 fully saturated rings. The van der Waals surface area contributed by atoms with E-state index in [0.29, 0.717) is 17.5 Å². The Labute approximate surface area is 175 Å². The first-order chi connectivity index (χ1) is 13.9. The number of thiazole rings is 1. The fourth-order valence-electron chi connectivity index (χ4n) is 4.00. The summed E-state index contributed by atoms with van der Waals surface area (Å²) >= 11 is 1.52. The standard InChI is InChI=1S/C22H26N4O2S/c1-13-15(3)29-21(25-13)26-20(27)18-10-22(18,17-8-6-5-7-9-17)12-28-19-11-23-16(4)24-14(19)2/h5-8,11,17-18H,9-10,12H2,1-4H3,(H,25,26,27)/t17?,18-,22+/m0/s1. The van der Waals surface area contributed by atoms with Crippen LogP contribution in [0.1, 0.15) is 34.9 Å². The van der Waals surface area contributed by atoms with Crippen molar-refractivity contribution in [3.05, 3.63) is 52.6 Å². The van der Waals surface area contributed by atoms with E-state index in [9.17, 15) is 4.79 Å². The predicted octanol–water partition coefficient (Wildman–Crippen LogP) is 4.32. The van der Waals surface area contributed by atoms with Crippen LogP contribution in [0.3, 0.4) is 0 Å². The van der Waals surface area contributed by atoms with Crippen molar-refractivity contribution < 1.29 is 9.53 Å². The summed E-state index contributed by atoms with van der Waals surface area (Å²) in [4.78, 5) is 27.2. The minimum Gasteiger partial charge on any atom is -0.489 e. The third-order valence-electron chi connectivity index (χ3n) is 5.96. The molecule has 152 valence electrons. The van der Waals surface area contributed by atoms with Crippen molar-refractivity contribution in [2.45, 2.75) is 40.5 Å². The van der Waals surface area contributed by atoms with Crippen LogP contribution in [0, 0.1) is 44.9 Å². The highest BCUT2D eigenvalue weighted by Crippen LogP contribution is 2.60. The molecular formula is C22H26N4O2S. The summed E-state index contributed by atoms with van der Waals surface area (Å²) in [5.41, 5.74) is 1.57.